The van der Waals surface area contributed by atoms with Crippen LogP contribution in [0.3, 0.4) is 0 Å². The smallest absolute Gasteiger partial charge is 0.312 e. The van der Waals surface area contributed by atoms with Crippen molar-refractivity contribution in [3.63, 3.8) is 0 Å². The van der Waals surface area contributed by atoms with E-state index >= 15 is 0 Å². The Hall–Kier alpha value is -1.54. The molecule has 0 saturated carbocycles. The molecule has 0 atom stereocenters. The van der Waals surface area contributed by atoms with Crippen LogP contribution in [0.15, 0.2) is 39.4 Å². The first-order valence-electron chi connectivity index (χ1n) is 4.91. The van der Waals surface area contributed by atoms with Crippen LogP contribution in [-0.4, -0.2) is 9.91 Å². The first kappa shape index (κ1) is 13.9. The Labute approximate surface area is 123 Å². The second-order valence-corrected chi connectivity index (χ2v) is 5.09. The quantitative estimate of drug-likeness (QED) is 0.572. The maximum absolute atomic E-state index is 13.4. The fourth-order valence-electron chi connectivity index (χ4n) is 1.29. The van der Waals surface area contributed by atoms with Gasteiger partial charge in [0, 0.05) is 18.3 Å². The van der Waals surface area contributed by atoms with E-state index < -0.39 is 10.7 Å². The number of halogens is 3. The van der Waals surface area contributed by atoms with Crippen molar-refractivity contribution in [2.45, 2.75) is 0 Å². The topological polar surface area (TPSA) is 65.3 Å². The molecule has 0 aliphatic carbocycles. The lowest BCUT2D eigenvalue weighted by Gasteiger charge is -2.07. The van der Waals surface area contributed by atoms with Gasteiger partial charge in [0.15, 0.2) is 0 Å². The molecule has 0 unspecified atom stereocenters. The highest BCUT2D eigenvalue weighted by atomic mass is 79.9. The minimum Gasteiger partial charge on any atom is -0.431 e. The Kier molecular flexibility index (Phi) is 4.11. The fourth-order valence-corrected chi connectivity index (χ4v) is 1.96. The van der Waals surface area contributed by atoms with Crippen LogP contribution in [-0.2, 0) is 0 Å². The third-order valence-corrected chi connectivity index (χ3v) is 3.34. The van der Waals surface area contributed by atoms with Crippen molar-refractivity contribution in [2.24, 2.45) is 0 Å². The summed E-state index contributed by atoms with van der Waals surface area (Å²) >= 11 is 6.08. The molecular formula is C11H5Br2FN2O3. The predicted molar refractivity (Wildman–Crippen MR) is 72.8 cm³/mol. The molecule has 2 rings (SSSR count). The van der Waals surface area contributed by atoms with Gasteiger partial charge in [-0.15, -0.1) is 0 Å². The van der Waals surface area contributed by atoms with Crippen LogP contribution in [0.5, 0.6) is 11.6 Å². The molecule has 5 nitrogen and oxygen atoms in total. The van der Waals surface area contributed by atoms with Crippen LogP contribution in [0.4, 0.5) is 10.1 Å². The monoisotopic (exact) mass is 390 g/mol. The summed E-state index contributed by atoms with van der Waals surface area (Å²) in [6.07, 6.45) is 1.46. The highest BCUT2D eigenvalue weighted by Crippen LogP contribution is 2.36. The molecule has 0 bridgehead atoms. The number of nitrogens with zero attached hydrogens (tertiary/aromatic N) is 2. The van der Waals surface area contributed by atoms with E-state index in [4.69, 9.17) is 4.74 Å². The Balaban J connectivity index is 2.48. The molecule has 2 aromatic rings. The fraction of sp³-hybridized carbons (Fsp3) is 0. The number of pyridine rings is 1. The number of nitro benzene ring substituents is 1. The minimum atomic E-state index is -0.660. The van der Waals surface area contributed by atoms with Crippen LogP contribution >= 0.6 is 31.9 Å². The first-order chi connectivity index (χ1) is 8.99. The zero-order valence-corrected chi connectivity index (χ0v) is 12.3. The molecule has 0 spiro atoms. The van der Waals surface area contributed by atoms with Crippen molar-refractivity contribution in [3.8, 4) is 11.6 Å². The van der Waals surface area contributed by atoms with Gasteiger partial charge in [-0.3, -0.25) is 10.1 Å². The lowest BCUT2D eigenvalue weighted by Crippen LogP contribution is -1.96. The van der Waals surface area contributed by atoms with E-state index in [9.17, 15) is 14.5 Å². The van der Waals surface area contributed by atoms with Crippen molar-refractivity contribution < 1.29 is 14.1 Å². The third-order valence-electron chi connectivity index (χ3n) is 2.13. The summed E-state index contributed by atoms with van der Waals surface area (Å²) in [7, 11) is 0. The van der Waals surface area contributed by atoms with Gasteiger partial charge in [0.2, 0.25) is 11.6 Å². The van der Waals surface area contributed by atoms with Crippen LogP contribution in [0.25, 0.3) is 0 Å². The molecule has 1 aromatic heterocycles. The number of rotatable bonds is 3. The van der Waals surface area contributed by atoms with Gasteiger partial charge in [-0.25, -0.2) is 9.37 Å². The summed E-state index contributed by atoms with van der Waals surface area (Å²) in [4.78, 5) is 14.2. The Morgan fingerprint density at radius 3 is 2.68 bits per heavy atom. The van der Waals surface area contributed by atoms with Gasteiger partial charge >= 0.3 is 5.69 Å². The van der Waals surface area contributed by atoms with Crippen molar-refractivity contribution in [1.82, 2.24) is 4.98 Å². The predicted octanol–water partition coefficient (Wildman–Crippen LogP) is 4.45. The molecule has 0 N–H and O–H groups in total. The molecule has 1 aromatic carbocycles. The molecule has 98 valence electrons. The first-order valence-corrected chi connectivity index (χ1v) is 6.49. The Morgan fingerprint density at radius 2 is 2.05 bits per heavy atom. The number of ether oxygens (including phenoxy) is 1. The second-order valence-electron chi connectivity index (χ2n) is 3.38. The average Bonchev–Trinajstić information content (AvgIpc) is 2.36. The van der Waals surface area contributed by atoms with Crippen molar-refractivity contribution >= 4 is 37.5 Å². The highest BCUT2D eigenvalue weighted by molar-refractivity contribution is 9.10. The van der Waals surface area contributed by atoms with Gasteiger partial charge in [-0.1, -0.05) is 0 Å². The summed E-state index contributed by atoms with van der Waals surface area (Å²) in [5.41, 5.74) is -0.356. The molecule has 0 amide bonds. The molecule has 0 fully saturated rings. The van der Waals surface area contributed by atoms with E-state index in [0.29, 0.717) is 4.47 Å². The minimum absolute atomic E-state index is 0.00774. The van der Waals surface area contributed by atoms with Crippen LogP contribution in [0.1, 0.15) is 0 Å². The summed E-state index contributed by atoms with van der Waals surface area (Å²) in [6.45, 7) is 0. The van der Waals surface area contributed by atoms with Crippen LogP contribution in [0.2, 0.25) is 0 Å². The Morgan fingerprint density at radius 1 is 1.32 bits per heavy atom. The van der Waals surface area contributed by atoms with E-state index in [1.165, 1.54) is 6.20 Å². The number of aromatic nitrogens is 1. The molecule has 0 saturated heterocycles. The van der Waals surface area contributed by atoms with Crippen molar-refractivity contribution in [3.05, 3.63) is 55.3 Å². The second kappa shape index (κ2) is 5.62. The molecule has 0 aliphatic heterocycles. The summed E-state index contributed by atoms with van der Waals surface area (Å²) in [6, 6.07) is 5.29. The average molecular weight is 392 g/mol. The maximum atomic E-state index is 13.4. The van der Waals surface area contributed by atoms with E-state index in [0.717, 1.165) is 12.1 Å². The van der Waals surface area contributed by atoms with Gasteiger partial charge in [-0.05, 0) is 44.0 Å². The van der Waals surface area contributed by atoms with E-state index in [-0.39, 0.29) is 21.8 Å². The van der Waals surface area contributed by atoms with Gasteiger partial charge in [0.25, 0.3) is 0 Å². The summed E-state index contributed by atoms with van der Waals surface area (Å²) in [5, 5.41) is 10.9. The number of hydrogen-bond donors (Lipinski definition) is 0. The summed E-state index contributed by atoms with van der Waals surface area (Å²) < 4.78 is 19.2. The van der Waals surface area contributed by atoms with E-state index in [2.05, 4.69) is 36.8 Å². The zero-order valence-electron chi connectivity index (χ0n) is 9.14. The zero-order chi connectivity index (χ0) is 14.0. The lowest BCUT2D eigenvalue weighted by atomic mass is 10.3. The highest BCUT2D eigenvalue weighted by Gasteiger charge is 2.20. The number of benzene rings is 1. The third kappa shape index (κ3) is 3.07. The number of nitro groups is 1. The number of hydrogen-bond acceptors (Lipinski definition) is 4. The molecule has 0 aliphatic rings. The van der Waals surface area contributed by atoms with Crippen LogP contribution in [0, 0.1) is 15.9 Å². The van der Waals surface area contributed by atoms with Crippen LogP contribution < -0.4 is 4.74 Å². The van der Waals surface area contributed by atoms with Crippen molar-refractivity contribution in [2.75, 3.05) is 0 Å². The normalized spacial score (nSPS) is 10.3. The van der Waals surface area contributed by atoms with Crippen molar-refractivity contribution in [1.29, 1.82) is 0 Å². The SMILES string of the molecule is O=[N+]([O-])c1cc(Br)c(F)cc1Oc1ncccc1Br. The van der Waals surface area contributed by atoms with E-state index in [1.807, 2.05) is 0 Å². The molecule has 8 heteroatoms. The van der Waals surface area contributed by atoms with E-state index in [1.54, 1.807) is 12.1 Å². The molecule has 19 heavy (non-hydrogen) atoms. The van der Waals surface area contributed by atoms with Gasteiger partial charge in [-0.2, -0.15) is 0 Å². The molecule has 1 heterocycles. The maximum Gasteiger partial charge on any atom is 0.312 e. The molecular weight excluding hydrogens is 387 g/mol. The summed E-state index contributed by atoms with van der Waals surface area (Å²) in [5.74, 6) is -0.759. The van der Waals surface area contributed by atoms with Gasteiger partial charge in [0.05, 0.1) is 13.9 Å². The largest absolute Gasteiger partial charge is 0.431 e. The van der Waals surface area contributed by atoms with Gasteiger partial charge in [0.1, 0.15) is 5.82 Å². The van der Waals surface area contributed by atoms with Gasteiger partial charge < -0.3 is 4.74 Å². The lowest BCUT2D eigenvalue weighted by molar-refractivity contribution is -0.385. The molecule has 0 radical (unpaired) electrons. The standard InChI is InChI=1S/C11H5Br2FN2O3/c12-6-2-1-3-15-11(6)19-10-5-8(14)7(13)4-9(10)16(17)18/h1-5H. The Bertz CT molecular complexity index is 652.